The first-order chi connectivity index (χ1) is 7.24. The zero-order valence-electron chi connectivity index (χ0n) is 10.9. The van der Waals surface area contributed by atoms with Crippen molar-refractivity contribution >= 4 is 0 Å². The molecule has 0 radical (unpaired) electrons. The summed E-state index contributed by atoms with van der Waals surface area (Å²) in [6.07, 6.45) is 4.05. The molecule has 0 amide bonds. The van der Waals surface area contributed by atoms with Crippen molar-refractivity contribution in [1.29, 1.82) is 0 Å². The van der Waals surface area contributed by atoms with Crippen molar-refractivity contribution in [3.8, 4) is 0 Å². The summed E-state index contributed by atoms with van der Waals surface area (Å²) in [6.45, 7) is 9.75. The second-order valence-corrected chi connectivity index (χ2v) is 4.28. The molecule has 0 heterocycles. The molecule has 0 saturated carbocycles. The minimum atomic E-state index is 0. The van der Waals surface area contributed by atoms with Crippen molar-refractivity contribution in [2.24, 2.45) is 0 Å². The van der Waals surface area contributed by atoms with Gasteiger partial charge in [-0.15, -0.1) is 0 Å². The zero-order valence-corrected chi connectivity index (χ0v) is 10.9. The molecule has 0 aromatic heterocycles. The van der Waals surface area contributed by atoms with Crippen molar-refractivity contribution in [3.63, 3.8) is 0 Å². The Labute approximate surface area is 99.8 Å². The average Bonchev–Trinajstić information content (AvgIpc) is 2.28. The van der Waals surface area contributed by atoms with Crippen LogP contribution in [-0.4, -0.2) is 59.6 Å². The van der Waals surface area contributed by atoms with Crippen LogP contribution in [0, 0.1) is 0 Å². The van der Waals surface area contributed by atoms with Crippen LogP contribution < -0.4 is 0 Å². The quantitative estimate of drug-likeness (QED) is 0.442. The molecule has 0 atom stereocenters. The summed E-state index contributed by atoms with van der Waals surface area (Å²) in [4.78, 5) is 0. The fourth-order valence-electron chi connectivity index (χ4n) is 2.09. The van der Waals surface area contributed by atoms with E-state index in [-0.39, 0.29) is 5.48 Å². The molecule has 16 heavy (non-hydrogen) atoms. The van der Waals surface area contributed by atoms with Crippen LogP contribution in [0.3, 0.4) is 0 Å². The lowest BCUT2D eigenvalue weighted by Gasteiger charge is -2.37. The van der Waals surface area contributed by atoms with Crippen LogP contribution in [0.25, 0.3) is 0 Å². The lowest BCUT2D eigenvalue weighted by molar-refractivity contribution is -0.925. The third kappa shape index (κ3) is 7.17. The third-order valence-corrected chi connectivity index (χ3v) is 3.42. The van der Waals surface area contributed by atoms with E-state index in [4.69, 9.17) is 10.2 Å². The highest BCUT2D eigenvalue weighted by Crippen LogP contribution is 2.11. The van der Waals surface area contributed by atoms with Gasteiger partial charge in [0.1, 0.15) is 0 Å². The van der Waals surface area contributed by atoms with Gasteiger partial charge in [-0.25, -0.2) is 0 Å². The van der Waals surface area contributed by atoms with Crippen LogP contribution in [-0.2, 0) is 0 Å². The van der Waals surface area contributed by atoms with Crippen LogP contribution in [0.1, 0.15) is 39.5 Å². The Kier molecular flexibility index (Phi) is 12.9. The summed E-state index contributed by atoms with van der Waals surface area (Å²) >= 11 is 0. The van der Waals surface area contributed by atoms with Gasteiger partial charge in [0, 0.05) is 13.2 Å². The standard InChI is InChI=1S/C12H28NO2.H2O/c1-3-13(4-2,9-5-7-11-14)10-6-8-12-15;/h14-15H,3-12H2,1-2H3;1H2/q+1;/p-1. The summed E-state index contributed by atoms with van der Waals surface area (Å²) in [5, 5.41) is 17.6. The maximum atomic E-state index is 8.78. The Hall–Kier alpha value is -0.160. The van der Waals surface area contributed by atoms with E-state index in [1.165, 1.54) is 13.1 Å². The Morgan fingerprint density at radius 1 is 0.750 bits per heavy atom. The number of hydrogen-bond donors (Lipinski definition) is 2. The van der Waals surface area contributed by atoms with Gasteiger partial charge < -0.3 is 20.2 Å². The Morgan fingerprint density at radius 3 is 1.38 bits per heavy atom. The van der Waals surface area contributed by atoms with Gasteiger partial charge in [-0.3, -0.25) is 0 Å². The summed E-state index contributed by atoms with van der Waals surface area (Å²) in [6, 6.07) is 0. The number of unbranched alkanes of at least 4 members (excludes halogenated alkanes) is 2. The molecule has 0 aromatic carbocycles. The van der Waals surface area contributed by atoms with E-state index in [0.29, 0.717) is 13.2 Å². The normalized spacial score (nSPS) is 11.2. The van der Waals surface area contributed by atoms with E-state index in [2.05, 4.69) is 13.8 Å². The molecule has 0 aliphatic carbocycles. The Bertz CT molecular complexity index is 126. The lowest BCUT2D eigenvalue weighted by atomic mass is 10.2. The molecule has 100 valence electrons. The predicted molar refractivity (Wildman–Crippen MR) is 65.7 cm³/mol. The van der Waals surface area contributed by atoms with Gasteiger partial charge in [-0.2, -0.15) is 0 Å². The second-order valence-electron chi connectivity index (χ2n) is 4.28. The number of quaternary nitrogens is 1. The van der Waals surface area contributed by atoms with Gasteiger partial charge in [0.15, 0.2) is 0 Å². The molecule has 4 heteroatoms. The van der Waals surface area contributed by atoms with Crippen molar-refractivity contribution in [3.05, 3.63) is 0 Å². The Balaban J connectivity index is 0. The molecule has 0 rings (SSSR count). The van der Waals surface area contributed by atoms with Crippen molar-refractivity contribution in [1.82, 2.24) is 0 Å². The maximum absolute atomic E-state index is 8.78. The first-order valence-electron chi connectivity index (χ1n) is 6.31. The Morgan fingerprint density at radius 2 is 1.12 bits per heavy atom. The van der Waals surface area contributed by atoms with Gasteiger partial charge in [0.25, 0.3) is 0 Å². The summed E-state index contributed by atoms with van der Waals surface area (Å²) in [5.74, 6) is 0. The van der Waals surface area contributed by atoms with Gasteiger partial charge >= 0.3 is 0 Å². The van der Waals surface area contributed by atoms with Gasteiger partial charge in [-0.1, -0.05) is 0 Å². The highest BCUT2D eigenvalue weighted by atomic mass is 16.3. The SMILES string of the molecule is CC[N+](CC)(CCCCO)CCCCO.[OH-]. The van der Waals surface area contributed by atoms with Gasteiger partial charge in [0.05, 0.1) is 26.2 Å². The van der Waals surface area contributed by atoms with Crippen LogP contribution in [0.5, 0.6) is 0 Å². The number of nitrogens with zero attached hydrogens (tertiary/aromatic N) is 1. The molecule has 0 bridgehead atoms. The van der Waals surface area contributed by atoms with Crippen molar-refractivity contribution in [2.45, 2.75) is 39.5 Å². The van der Waals surface area contributed by atoms with E-state index in [9.17, 15) is 0 Å². The molecule has 0 aromatic rings. The minimum absolute atomic E-state index is 0. The second kappa shape index (κ2) is 11.3. The maximum Gasteiger partial charge on any atom is 0.0787 e. The van der Waals surface area contributed by atoms with Crippen LogP contribution in [0.2, 0.25) is 0 Å². The zero-order chi connectivity index (χ0) is 11.6. The van der Waals surface area contributed by atoms with Gasteiger partial charge in [0.2, 0.25) is 0 Å². The van der Waals surface area contributed by atoms with E-state index in [0.717, 1.165) is 43.3 Å². The molecule has 0 spiro atoms. The topological polar surface area (TPSA) is 70.5 Å². The molecular formula is C12H29NO3. The van der Waals surface area contributed by atoms with E-state index >= 15 is 0 Å². The molecule has 4 nitrogen and oxygen atoms in total. The van der Waals surface area contributed by atoms with E-state index in [1.54, 1.807) is 0 Å². The molecule has 0 unspecified atom stereocenters. The molecule has 3 N–H and O–H groups in total. The molecule has 0 fully saturated rings. The minimum Gasteiger partial charge on any atom is -0.870 e. The number of hydrogen-bond acceptors (Lipinski definition) is 3. The first-order valence-corrected chi connectivity index (χ1v) is 6.31. The lowest BCUT2D eigenvalue weighted by Crippen LogP contribution is -2.49. The number of aliphatic hydroxyl groups excluding tert-OH is 2. The summed E-state index contributed by atoms with van der Waals surface area (Å²) in [7, 11) is 0. The highest BCUT2D eigenvalue weighted by molar-refractivity contribution is 4.45. The van der Waals surface area contributed by atoms with Crippen molar-refractivity contribution in [2.75, 3.05) is 39.4 Å². The monoisotopic (exact) mass is 235 g/mol. The largest absolute Gasteiger partial charge is 0.870 e. The number of aliphatic hydroxyl groups is 2. The van der Waals surface area contributed by atoms with Crippen LogP contribution in [0.4, 0.5) is 0 Å². The fourth-order valence-corrected chi connectivity index (χ4v) is 2.09. The highest BCUT2D eigenvalue weighted by Gasteiger charge is 2.21. The number of rotatable bonds is 10. The van der Waals surface area contributed by atoms with Crippen molar-refractivity contribution < 1.29 is 20.2 Å². The molecule has 0 aliphatic rings. The first kappa shape index (κ1) is 18.2. The summed E-state index contributed by atoms with van der Waals surface area (Å²) < 4.78 is 1.14. The fraction of sp³-hybridized carbons (Fsp3) is 1.00. The molecule has 0 aliphatic heterocycles. The smallest absolute Gasteiger partial charge is 0.0787 e. The predicted octanol–water partition coefficient (Wildman–Crippen LogP) is 1.21. The van der Waals surface area contributed by atoms with Crippen LogP contribution in [0.15, 0.2) is 0 Å². The van der Waals surface area contributed by atoms with Gasteiger partial charge in [-0.05, 0) is 39.5 Å². The van der Waals surface area contributed by atoms with Crippen LogP contribution >= 0.6 is 0 Å². The average molecular weight is 235 g/mol. The summed E-state index contributed by atoms with van der Waals surface area (Å²) in [5.41, 5.74) is 0. The third-order valence-electron chi connectivity index (χ3n) is 3.42. The molecular weight excluding hydrogens is 206 g/mol. The van der Waals surface area contributed by atoms with E-state index < -0.39 is 0 Å². The molecule has 0 saturated heterocycles. The van der Waals surface area contributed by atoms with E-state index in [1.807, 2.05) is 0 Å².